The molecule has 6 nitrogen and oxygen atoms in total. The van der Waals surface area contributed by atoms with Crippen molar-refractivity contribution in [3.05, 3.63) is 71.3 Å². The third kappa shape index (κ3) is 5.14. The molecule has 1 amide bonds. The van der Waals surface area contributed by atoms with Gasteiger partial charge in [0.25, 0.3) is 11.7 Å². The fraction of sp³-hybridized carbons (Fsp3) is 0.360. The van der Waals surface area contributed by atoms with Crippen LogP contribution in [0.15, 0.2) is 60.2 Å². The van der Waals surface area contributed by atoms with Crippen molar-refractivity contribution in [3.63, 3.8) is 0 Å². The van der Waals surface area contributed by atoms with Crippen LogP contribution in [0.2, 0.25) is 0 Å². The molecule has 1 N–H and O–H groups in total. The molecule has 164 valence electrons. The minimum Gasteiger partial charge on any atom is -0.507 e. The first-order valence-electron chi connectivity index (χ1n) is 10.5. The minimum atomic E-state index is -0.654. The van der Waals surface area contributed by atoms with Gasteiger partial charge in [0.05, 0.1) is 17.7 Å². The Bertz CT molecular complexity index is 949. The topological polar surface area (TPSA) is 70.1 Å². The Hall–Kier alpha value is -3.12. The normalized spacial score (nSPS) is 18.3. The summed E-state index contributed by atoms with van der Waals surface area (Å²) in [4.78, 5) is 29.5. The van der Waals surface area contributed by atoms with E-state index in [1.807, 2.05) is 63.2 Å². The summed E-state index contributed by atoms with van der Waals surface area (Å²) >= 11 is 0. The summed E-state index contributed by atoms with van der Waals surface area (Å²) in [6.07, 6.45) is 0.761. The number of hydrogen-bond acceptors (Lipinski definition) is 5. The van der Waals surface area contributed by atoms with Gasteiger partial charge in [-0.2, -0.15) is 0 Å². The zero-order chi connectivity index (χ0) is 22.5. The molecule has 2 aromatic carbocycles. The minimum absolute atomic E-state index is 0.0422. The second kappa shape index (κ2) is 9.79. The highest BCUT2D eigenvalue weighted by Gasteiger charge is 2.45. The maximum atomic E-state index is 13.0. The molecule has 0 spiro atoms. The molecule has 3 rings (SSSR count). The van der Waals surface area contributed by atoms with Gasteiger partial charge in [0.2, 0.25) is 0 Å². The molecule has 1 aliphatic heterocycles. The number of rotatable bonds is 8. The van der Waals surface area contributed by atoms with E-state index in [4.69, 9.17) is 4.74 Å². The van der Waals surface area contributed by atoms with Crippen LogP contribution in [-0.4, -0.2) is 59.9 Å². The molecule has 31 heavy (non-hydrogen) atoms. The van der Waals surface area contributed by atoms with Gasteiger partial charge >= 0.3 is 0 Å². The van der Waals surface area contributed by atoms with Crippen molar-refractivity contribution in [2.45, 2.75) is 32.4 Å². The first-order chi connectivity index (χ1) is 14.8. The maximum absolute atomic E-state index is 13.0. The van der Waals surface area contributed by atoms with Crippen LogP contribution in [0, 0.1) is 0 Å². The number of hydrogen-bond donors (Lipinski definition) is 1. The van der Waals surface area contributed by atoms with E-state index in [2.05, 4.69) is 0 Å². The summed E-state index contributed by atoms with van der Waals surface area (Å²) in [5.41, 5.74) is 1.40. The number of amides is 1. The van der Waals surface area contributed by atoms with Gasteiger partial charge in [-0.25, -0.2) is 0 Å². The third-order valence-electron chi connectivity index (χ3n) is 5.16. The van der Waals surface area contributed by atoms with Gasteiger partial charge < -0.3 is 19.6 Å². The first kappa shape index (κ1) is 22.6. The number of carbonyl (C=O) groups excluding carboxylic acids is 2. The third-order valence-corrected chi connectivity index (χ3v) is 5.16. The van der Waals surface area contributed by atoms with Gasteiger partial charge in [0.15, 0.2) is 0 Å². The molecular formula is C25H30N2O4. The van der Waals surface area contributed by atoms with Crippen LogP contribution in [0.5, 0.6) is 5.75 Å². The average Bonchev–Trinajstić information content (AvgIpc) is 2.99. The van der Waals surface area contributed by atoms with Crippen LogP contribution in [0.4, 0.5) is 0 Å². The number of ether oxygens (including phenoxy) is 1. The Kier molecular flexibility index (Phi) is 7.13. The van der Waals surface area contributed by atoms with Crippen molar-refractivity contribution in [1.29, 1.82) is 0 Å². The van der Waals surface area contributed by atoms with E-state index in [1.54, 1.807) is 29.2 Å². The second-order valence-corrected chi connectivity index (χ2v) is 8.25. The monoisotopic (exact) mass is 422 g/mol. The van der Waals surface area contributed by atoms with Crippen LogP contribution >= 0.6 is 0 Å². The molecule has 1 aliphatic rings. The lowest BCUT2D eigenvalue weighted by molar-refractivity contribution is -0.139. The summed E-state index contributed by atoms with van der Waals surface area (Å²) in [6.45, 7) is 5.11. The molecule has 0 bridgehead atoms. The van der Waals surface area contributed by atoms with E-state index in [9.17, 15) is 14.7 Å². The summed E-state index contributed by atoms with van der Waals surface area (Å²) < 4.78 is 5.72. The number of benzene rings is 2. The summed E-state index contributed by atoms with van der Waals surface area (Å²) in [5, 5.41) is 11.0. The predicted molar refractivity (Wildman–Crippen MR) is 121 cm³/mol. The van der Waals surface area contributed by atoms with Crippen molar-refractivity contribution < 1.29 is 19.4 Å². The number of likely N-dealkylation sites (tertiary alicyclic amines) is 1. The van der Waals surface area contributed by atoms with Crippen molar-refractivity contribution in [3.8, 4) is 5.75 Å². The molecule has 0 saturated carbocycles. The standard InChI is InChI=1S/C25H30N2O4/c1-17(2)31-20-13-11-18(12-14-20)22-21(23(28)19-9-6-5-7-10-19)24(29)25(30)27(22)16-8-15-26(3)4/h5-7,9-14,17,22,28H,8,15-16H2,1-4H3/b23-21+/t22-/m1/s1. The Morgan fingerprint density at radius 1 is 1.06 bits per heavy atom. The number of carbonyl (C=O) groups is 2. The van der Waals surface area contributed by atoms with Gasteiger partial charge in [-0.3, -0.25) is 9.59 Å². The molecule has 1 heterocycles. The molecule has 6 heteroatoms. The average molecular weight is 423 g/mol. The van der Waals surface area contributed by atoms with E-state index in [1.165, 1.54) is 0 Å². The lowest BCUT2D eigenvalue weighted by Crippen LogP contribution is -2.32. The fourth-order valence-electron chi connectivity index (χ4n) is 3.77. The Morgan fingerprint density at radius 3 is 2.29 bits per heavy atom. The number of aliphatic hydroxyl groups is 1. The van der Waals surface area contributed by atoms with E-state index >= 15 is 0 Å². The molecule has 1 fully saturated rings. The number of aliphatic hydroxyl groups excluding tert-OH is 1. The number of nitrogens with zero attached hydrogens (tertiary/aromatic N) is 2. The van der Waals surface area contributed by atoms with Crippen LogP contribution in [-0.2, 0) is 9.59 Å². The Balaban J connectivity index is 2.04. The zero-order valence-corrected chi connectivity index (χ0v) is 18.5. The molecule has 0 unspecified atom stereocenters. The van der Waals surface area contributed by atoms with E-state index < -0.39 is 17.7 Å². The summed E-state index contributed by atoms with van der Waals surface area (Å²) in [6, 6.07) is 15.6. The molecule has 1 atom stereocenters. The SMILES string of the molecule is CC(C)Oc1ccc([C@@H]2/C(=C(\O)c3ccccc3)C(=O)C(=O)N2CCCN(C)C)cc1. The largest absolute Gasteiger partial charge is 0.507 e. The van der Waals surface area contributed by atoms with Gasteiger partial charge in [-0.1, -0.05) is 42.5 Å². The Labute approximate surface area is 183 Å². The highest BCUT2D eigenvalue weighted by atomic mass is 16.5. The summed E-state index contributed by atoms with van der Waals surface area (Å²) in [5.74, 6) is -0.671. The molecule has 0 radical (unpaired) electrons. The number of Topliss-reactive ketones (excluding diaryl/α,β-unsaturated/α-hetero) is 1. The van der Waals surface area contributed by atoms with Crippen LogP contribution < -0.4 is 4.74 Å². The van der Waals surface area contributed by atoms with Crippen molar-refractivity contribution in [2.75, 3.05) is 27.2 Å². The van der Waals surface area contributed by atoms with Gasteiger partial charge in [0.1, 0.15) is 11.5 Å². The van der Waals surface area contributed by atoms with Crippen LogP contribution in [0.3, 0.4) is 0 Å². The van der Waals surface area contributed by atoms with E-state index in [-0.39, 0.29) is 17.4 Å². The highest BCUT2D eigenvalue weighted by molar-refractivity contribution is 6.46. The lowest BCUT2D eigenvalue weighted by atomic mass is 9.95. The number of ketones is 1. The quantitative estimate of drug-likeness (QED) is 0.398. The molecule has 0 aromatic heterocycles. The van der Waals surface area contributed by atoms with E-state index in [0.717, 1.165) is 18.5 Å². The van der Waals surface area contributed by atoms with Gasteiger partial charge in [-0.05, 0) is 58.6 Å². The fourth-order valence-corrected chi connectivity index (χ4v) is 3.77. The van der Waals surface area contributed by atoms with Crippen LogP contribution in [0.1, 0.15) is 37.4 Å². The van der Waals surface area contributed by atoms with E-state index in [0.29, 0.717) is 17.9 Å². The first-order valence-corrected chi connectivity index (χ1v) is 10.5. The Morgan fingerprint density at radius 2 is 1.71 bits per heavy atom. The molecular weight excluding hydrogens is 392 g/mol. The zero-order valence-electron chi connectivity index (χ0n) is 18.5. The predicted octanol–water partition coefficient (Wildman–Crippen LogP) is 3.85. The summed E-state index contributed by atoms with van der Waals surface area (Å²) in [7, 11) is 3.93. The second-order valence-electron chi connectivity index (χ2n) is 8.25. The molecule has 0 aliphatic carbocycles. The molecule has 2 aromatic rings. The van der Waals surface area contributed by atoms with Crippen LogP contribution in [0.25, 0.3) is 5.76 Å². The highest BCUT2D eigenvalue weighted by Crippen LogP contribution is 2.39. The van der Waals surface area contributed by atoms with Gasteiger partial charge in [-0.15, -0.1) is 0 Å². The van der Waals surface area contributed by atoms with Crippen molar-refractivity contribution in [1.82, 2.24) is 9.80 Å². The molecule has 1 saturated heterocycles. The maximum Gasteiger partial charge on any atom is 0.295 e. The lowest BCUT2D eigenvalue weighted by Gasteiger charge is -2.26. The van der Waals surface area contributed by atoms with Crippen molar-refractivity contribution >= 4 is 17.4 Å². The smallest absolute Gasteiger partial charge is 0.295 e. The van der Waals surface area contributed by atoms with Gasteiger partial charge in [0, 0.05) is 12.1 Å². The van der Waals surface area contributed by atoms with Crippen molar-refractivity contribution in [2.24, 2.45) is 0 Å².